The minimum atomic E-state index is -1.31. The first-order valence-electron chi connectivity index (χ1n) is 7.14. The van der Waals surface area contributed by atoms with Crippen molar-refractivity contribution in [2.45, 2.75) is 38.3 Å². The molecule has 0 aromatic rings. The number of methoxy groups -OCH3 is 1. The summed E-state index contributed by atoms with van der Waals surface area (Å²) in [5.74, 6) is -3.31. The van der Waals surface area contributed by atoms with Crippen LogP contribution in [0.2, 0.25) is 0 Å². The third-order valence-electron chi connectivity index (χ3n) is 2.87. The molecule has 0 bridgehead atoms. The van der Waals surface area contributed by atoms with E-state index in [0.29, 0.717) is 6.42 Å². The second-order valence-corrected chi connectivity index (χ2v) is 4.75. The average molecular weight is 329 g/mol. The first-order valence-corrected chi connectivity index (χ1v) is 7.14. The summed E-state index contributed by atoms with van der Waals surface area (Å²) in [6, 6.07) is -2.11. The lowest BCUT2D eigenvalue weighted by Crippen LogP contribution is -2.52. The van der Waals surface area contributed by atoms with E-state index in [4.69, 9.17) is 10.8 Å². The van der Waals surface area contributed by atoms with Gasteiger partial charge in [-0.25, -0.2) is 9.59 Å². The molecule has 9 heteroatoms. The number of carbonyl (C=O) groups excluding carboxylic acids is 3. The summed E-state index contributed by atoms with van der Waals surface area (Å²) in [7, 11) is 1.16. The van der Waals surface area contributed by atoms with E-state index in [1.165, 1.54) is 0 Å². The highest BCUT2D eigenvalue weighted by atomic mass is 16.5. The molecule has 0 saturated heterocycles. The van der Waals surface area contributed by atoms with Gasteiger partial charge in [0.1, 0.15) is 6.04 Å². The van der Waals surface area contributed by atoms with Gasteiger partial charge < -0.3 is 26.2 Å². The van der Waals surface area contributed by atoms with Crippen LogP contribution in [0.25, 0.3) is 0 Å². The minimum absolute atomic E-state index is 0.341. The smallest absolute Gasteiger partial charge is 0.330 e. The van der Waals surface area contributed by atoms with Crippen LogP contribution in [0.15, 0.2) is 12.2 Å². The molecule has 0 unspecified atom stereocenters. The van der Waals surface area contributed by atoms with Crippen molar-refractivity contribution in [3.8, 4) is 0 Å². The van der Waals surface area contributed by atoms with Crippen molar-refractivity contribution in [2.75, 3.05) is 13.7 Å². The molecule has 0 aromatic heterocycles. The molecule has 0 aliphatic carbocycles. The Kier molecular flexibility index (Phi) is 10.0. The van der Waals surface area contributed by atoms with E-state index < -0.39 is 35.8 Å². The van der Waals surface area contributed by atoms with Gasteiger partial charge in [-0.15, -0.1) is 0 Å². The Labute approximate surface area is 134 Å². The van der Waals surface area contributed by atoms with Crippen LogP contribution in [-0.2, 0) is 23.9 Å². The normalized spacial score (nSPS) is 13.2. The molecule has 5 N–H and O–H groups in total. The summed E-state index contributed by atoms with van der Waals surface area (Å²) in [5.41, 5.74) is 5.65. The van der Waals surface area contributed by atoms with E-state index in [-0.39, 0.29) is 6.54 Å². The summed E-state index contributed by atoms with van der Waals surface area (Å²) >= 11 is 0. The fraction of sp³-hybridized carbons (Fsp3) is 0.571. The number of carboxylic acid groups (broad SMARTS) is 1. The SMILES string of the molecule is CCCC[C@H](N)C(=O)N[C@@H](CNC(=O)/C=C/C(=O)OC)C(=O)O. The Morgan fingerprint density at radius 1 is 1.26 bits per heavy atom. The monoisotopic (exact) mass is 329 g/mol. The molecule has 9 nitrogen and oxygen atoms in total. The average Bonchev–Trinajstić information content (AvgIpc) is 2.53. The number of esters is 1. The molecular weight excluding hydrogens is 306 g/mol. The molecular formula is C14H23N3O6. The van der Waals surface area contributed by atoms with Crippen LogP contribution in [0.4, 0.5) is 0 Å². The first kappa shape index (κ1) is 20.6. The van der Waals surface area contributed by atoms with Crippen molar-refractivity contribution in [1.82, 2.24) is 10.6 Å². The Bertz CT molecular complexity index is 463. The predicted octanol–water partition coefficient (Wildman–Crippen LogP) is -1.08. The topological polar surface area (TPSA) is 148 Å². The van der Waals surface area contributed by atoms with E-state index in [2.05, 4.69) is 15.4 Å². The Morgan fingerprint density at radius 3 is 2.43 bits per heavy atom. The van der Waals surface area contributed by atoms with Gasteiger partial charge in [0.2, 0.25) is 11.8 Å². The quantitative estimate of drug-likeness (QED) is 0.294. The molecule has 0 spiro atoms. The van der Waals surface area contributed by atoms with Crippen LogP contribution in [0.3, 0.4) is 0 Å². The summed E-state index contributed by atoms with van der Waals surface area (Å²) in [5, 5.41) is 13.6. The molecule has 2 atom stereocenters. The lowest BCUT2D eigenvalue weighted by atomic mass is 10.1. The number of unbranched alkanes of at least 4 members (excludes halogenated alkanes) is 1. The van der Waals surface area contributed by atoms with Gasteiger partial charge >= 0.3 is 11.9 Å². The molecule has 0 aromatic carbocycles. The molecule has 0 aliphatic heterocycles. The number of amides is 2. The highest BCUT2D eigenvalue weighted by Gasteiger charge is 2.23. The number of hydrogen-bond acceptors (Lipinski definition) is 6. The van der Waals surface area contributed by atoms with Crippen molar-refractivity contribution in [1.29, 1.82) is 0 Å². The van der Waals surface area contributed by atoms with Crippen LogP contribution >= 0.6 is 0 Å². The van der Waals surface area contributed by atoms with E-state index in [1.54, 1.807) is 0 Å². The maximum atomic E-state index is 11.8. The number of carboxylic acids is 1. The van der Waals surface area contributed by atoms with Crippen molar-refractivity contribution >= 4 is 23.8 Å². The van der Waals surface area contributed by atoms with Crippen LogP contribution in [0.5, 0.6) is 0 Å². The summed E-state index contributed by atoms with van der Waals surface area (Å²) in [6.45, 7) is 1.61. The summed E-state index contributed by atoms with van der Waals surface area (Å²) in [4.78, 5) is 45.1. The maximum Gasteiger partial charge on any atom is 0.330 e. The predicted molar refractivity (Wildman–Crippen MR) is 81.2 cm³/mol. The van der Waals surface area contributed by atoms with Gasteiger partial charge in [0.15, 0.2) is 0 Å². The number of carbonyl (C=O) groups is 4. The van der Waals surface area contributed by atoms with Crippen molar-refractivity contribution in [3.63, 3.8) is 0 Å². The Morgan fingerprint density at radius 2 is 1.91 bits per heavy atom. The summed E-state index contributed by atoms with van der Waals surface area (Å²) in [6.07, 6.45) is 3.86. The second kappa shape index (κ2) is 11.2. The van der Waals surface area contributed by atoms with Crippen molar-refractivity contribution in [3.05, 3.63) is 12.2 Å². The maximum absolute atomic E-state index is 11.8. The van der Waals surface area contributed by atoms with Crippen molar-refractivity contribution < 1.29 is 29.0 Å². The zero-order valence-electron chi connectivity index (χ0n) is 13.2. The number of nitrogens with one attached hydrogen (secondary N) is 2. The molecule has 0 aliphatic rings. The number of hydrogen-bond donors (Lipinski definition) is 4. The highest BCUT2D eigenvalue weighted by molar-refractivity contribution is 5.95. The van der Waals surface area contributed by atoms with Gasteiger partial charge in [0.25, 0.3) is 0 Å². The lowest BCUT2D eigenvalue weighted by molar-refractivity contribution is -0.142. The standard InChI is InChI=1S/C14H23N3O6/c1-3-4-5-9(15)13(20)17-10(14(21)22)8-16-11(18)6-7-12(19)23-2/h6-7,9-10H,3-5,8,15H2,1-2H3,(H,16,18)(H,17,20)(H,21,22)/b7-6+/t9-,10-/m0/s1. The highest BCUT2D eigenvalue weighted by Crippen LogP contribution is 1.98. The third kappa shape index (κ3) is 9.25. The Balaban J connectivity index is 4.45. The second-order valence-electron chi connectivity index (χ2n) is 4.75. The minimum Gasteiger partial charge on any atom is -0.480 e. The van der Waals surface area contributed by atoms with Gasteiger partial charge in [-0.05, 0) is 6.42 Å². The number of rotatable bonds is 10. The van der Waals surface area contributed by atoms with Crippen LogP contribution < -0.4 is 16.4 Å². The summed E-state index contributed by atoms with van der Waals surface area (Å²) < 4.78 is 4.30. The van der Waals surface area contributed by atoms with Gasteiger partial charge in [-0.2, -0.15) is 0 Å². The van der Waals surface area contributed by atoms with E-state index in [9.17, 15) is 19.2 Å². The van der Waals surface area contributed by atoms with E-state index in [0.717, 1.165) is 32.1 Å². The molecule has 130 valence electrons. The number of ether oxygens (including phenoxy) is 1. The van der Waals surface area contributed by atoms with E-state index >= 15 is 0 Å². The van der Waals surface area contributed by atoms with Crippen molar-refractivity contribution in [2.24, 2.45) is 5.73 Å². The van der Waals surface area contributed by atoms with Crippen LogP contribution in [-0.4, -0.2) is 54.6 Å². The molecule has 0 saturated carbocycles. The zero-order valence-corrected chi connectivity index (χ0v) is 13.2. The zero-order chi connectivity index (χ0) is 17.8. The largest absolute Gasteiger partial charge is 0.480 e. The molecule has 23 heavy (non-hydrogen) atoms. The lowest BCUT2D eigenvalue weighted by Gasteiger charge is -2.17. The molecule has 0 radical (unpaired) electrons. The first-order chi connectivity index (χ1) is 10.8. The number of aliphatic carboxylic acids is 1. The van der Waals surface area contributed by atoms with Crippen LogP contribution in [0.1, 0.15) is 26.2 Å². The molecule has 0 fully saturated rings. The number of nitrogens with two attached hydrogens (primary N) is 1. The molecule has 0 heterocycles. The van der Waals surface area contributed by atoms with Gasteiger partial charge in [0.05, 0.1) is 13.2 Å². The van der Waals surface area contributed by atoms with Gasteiger partial charge in [-0.1, -0.05) is 19.8 Å². The van der Waals surface area contributed by atoms with Crippen LogP contribution in [0, 0.1) is 0 Å². The van der Waals surface area contributed by atoms with Gasteiger partial charge in [-0.3, -0.25) is 9.59 Å². The fourth-order valence-corrected chi connectivity index (χ4v) is 1.51. The molecule has 0 rings (SSSR count). The third-order valence-corrected chi connectivity index (χ3v) is 2.87. The fourth-order valence-electron chi connectivity index (χ4n) is 1.51. The van der Waals surface area contributed by atoms with Gasteiger partial charge in [0, 0.05) is 18.7 Å². The Hall–Kier alpha value is -2.42. The molecule has 2 amide bonds. The van der Waals surface area contributed by atoms with E-state index in [1.807, 2.05) is 6.92 Å².